The molecule has 1 aromatic heterocycles. The van der Waals surface area contributed by atoms with Crippen LogP contribution in [0.15, 0.2) is 34.9 Å². The Kier molecular flexibility index (Phi) is 4.45. The van der Waals surface area contributed by atoms with E-state index < -0.39 is 0 Å². The highest BCUT2D eigenvalue weighted by molar-refractivity contribution is 5.58. The summed E-state index contributed by atoms with van der Waals surface area (Å²) in [5.74, 6) is 1.64. The molecule has 2 aromatic rings. The van der Waals surface area contributed by atoms with Crippen LogP contribution in [0, 0.1) is 0 Å². The number of ether oxygens (including phenoxy) is 1. The van der Waals surface area contributed by atoms with Gasteiger partial charge in [0.25, 0.3) is 0 Å². The SMILES string of the molecule is CCOc1ccc(-c2cc(CNC(C)(C)C)no2)cc1. The van der Waals surface area contributed by atoms with E-state index in [2.05, 4.69) is 31.2 Å². The fourth-order valence-corrected chi connectivity index (χ4v) is 1.77. The Balaban J connectivity index is 2.04. The summed E-state index contributed by atoms with van der Waals surface area (Å²) in [4.78, 5) is 0. The highest BCUT2D eigenvalue weighted by Gasteiger charge is 2.11. The average molecular weight is 274 g/mol. The van der Waals surface area contributed by atoms with Crippen molar-refractivity contribution in [3.8, 4) is 17.1 Å². The molecule has 108 valence electrons. The smallest absolute Gasteiger partial charge is 0.167 e. The van der Waals surface area contributed by atoms with Crippen molar-refractivity contribution in [3.05, 3.63) is 36.0 Å². The average Bonchev–Trinajstić information content (AvgIpc) is 2.86. The minimum atomic E-state index is 0.0677. The summed E-state index contributed by atoms with van der Waals surface area (Å²) in [5, 5.41) is 7.47. The fraction of sp³-hybridized carbons (Fsp3) is 0.438. The van der Waals surface area contributed by atoms with Gasteiger partial charge in [-0.1, -0.05) is 5.16 Å². The number of nitrogens with zero attached hydrogens (tertiary/aromatic N) is 1. The van der Waals surface area contributed by atoms with Gasteiger partial charge < -0.3 is 14.6 Å². The molecule has 0 saturated heterocycles. The molecular formula is C16H22N2O2. The van der Waals surface area contributed by atoms with Gasteiger partial charge in [0.15, 0.2) is 5.76 Å². The molecule has 0 bridgehead atoms. The lowest BCUT2D eigenvalue weighted by Crippen LogP contribution is -2.35. The summed E-state index contributed by atoms with van der Waals surface area (Å²) < 4.78 is 10.8. The number of rotatable bonds is 5. The molecule has 0 unspecified atom stereocenters. The standard InChI is InChI=1S/C16H22N2O2/c1-5-19-14-8-6-12(7-9-14)15-10-13(18-20-15)11-17-16(2,3)4/h6-10,17H,5,11H2,1-4H3. The summed E-state index contributed by atoms with van der Waals surface area (Å²) in [6.45, 7) is 9.72. The molecule has 2 rings (SSSR count). The monoisotopic (exact) mass is 274 g/mol. The molecule has 4 heteroatoms. The lowest BCUT2D eigenvalue weighted by atomic mass is 10.1. The van der Waals surface area contributed by atoms with Gasteiger partial charge >= 0.3 is 0 Å². The molecule has 0 aliphatic heterocycles. The van der Waals surface area contributed by atoms with Gasteiger partial charge in [-0.3, -0.25) is 0 Å². The van der Waals surface area contributed by atoms with E-state index in [-0.39, 0.29) is 5.54 Å². The predicted octanol–water partition coefficient (Wildman–Crippen LogP) is 3.63. The van der Waals surface area contributed by atoms with Crippen molar-refractivity contribution in [2.45, 2.75) is 39.8 Å². The molecule has 0 atom stereocenters. The largest absolute Gasteiger partial charge is 0.494 e. The van der Waals surface area contributed by atoms with Gasteiger partial charge in [0, 0.05) is 23.7 Å². The summed E-state index contributed by atoms with van der Waals surface area (Å²) in [7, 11) is 0. The van der Waals surface area contributed by atoms with Crippen LogP contribution in [0.2, 0.25) is 0 Å². The Morgan fingerprint density at radius 3 is 2.50 bits per heavy atom. The second kappa shape index (κ2) is 6.09. The molecule has 0 saturated carbocycles. The van der Waals surface area contributed by atoms with Crippen molar-refractivity contribution in [1.29, 1.82) is 0 Å². The van der Waals surface area contributed by atoms with Crippen LogP contribution in [-0.2, 0) is 6.54 Å². The van der Waals surface area contributed by atoms with Gasteiger partial charge in [-0.2, -0.15) is 0 Å². The molecule has 20 heavy (non-hydrogen) atoms. The third-order valence-electron chi connectivity index (χ3n) is 2.81. The van der Waals surface area contributed by atoms with Crippen LogP contribution >= 0.6 is 0 Å². The van der Waals surface area contributed by atoms with Crippen molar-refractivity contribution in [1.82, 2.24) is 10.5 Å². The van der Waals surface area contributed by atoms with Gasteiger partial charge in [0.1, 0.15) is 5.75 Å². The normalized spacial score (nSPS) is 11.6. The van der Waals surface area contributed by atoms with Crippen molar-refractivity contribution in [2.24, 2.45) is 0 Å². The molecule has 1 aromatic carbocycles. The first kappa shape index (κ1) is 14.6. The number of benzene rings is 1. The number of hydrogen-bond acceptors (Lipinski definition) is 4. The fourth-order valence-electron chi connectivity index (χ4n) is 1.77. The van der Waals surface area contributed by atoms with Crippen molar-refractivity contribution in [3.63, 3.8) is 0 Å². The van der Waals surface area contributed by atoms with E-state index >= 15 is 0 Å². The number of nitrogens with one attached hydrogen (secondary N) is 1. The maximum Gasteiger partial charge on any atom is 0.167 e. The van der Waals surface area contributed by atoms with Gasteiger partial charge in [-0.25, -0.2) is 0 Å². The van der Waals surface area contributed by atoms with E-state index in [1.165, 1.54) is 0 Å². The van der Waals surface area contributed by atoms with Crippen LogP contribution in [0.3, 0.4) is 0 Å². The van der Waals surface area contributed by atoms with E-state index in [0.29, 0.717) is 13.2 Å². The summed E-state index contributed by atoms with van der Waals surface area (Å²) in [6, 6.07) is 9.80. The third-order valence-corrected chi connectivity index (χ3v) is 2.81. The summed E-state index contributed by atoms with van der Waals surface area (Å²) in [6.07, 6.45) is 0. The molecule has 0 amide bonds. The maximum atomic E-state index is 5.42. The molecule has 0 aliphatic rings. The zero-order chi connectivity index (χ0) is 14.6. The number of hydrogen-bond donors (Lipinski definition) is 1. The van der Waals surface area contributed by atoms with Gasteiger partial charge in [-0.15, -0.1) is 0 Å². The molecule has 0 fully saturated rings. The Morgan fingerprint density at radius 1 is 1.20 bits per heavy atom. The Morgan fingerprint density at radius 2 is 1.90 bits per heavy atom. The molecule has 1 heterocycles. The van der Waals surface area contributed by atoms with E-state index in [1.807, 2.05) is 37.3 Å². The van der Waals surface area contributed by atoms with Crippen molar-refractivity contribution < 1.29 is 9.26 Å². The molecular weight excluding hydrogens is 252 g/mol. The minimum Gasteiger partial charge on any atom is -0.494 e. The predicted molar refractivity (Wildman–Crippen MR) is 79.7 cm³/mol. The molecule has 0 spiro atoms. The first-order valence-electron chi connectivity index (χ1n) is 6.92. The molecule has 1 N–H and O–H groups in total. The highest BCUT2D eigenvalue weighted by atomic mass is 16.5. The summed E-state index contributed by atoms with van der Waals surface area (Å²) in [5.41, 5.74) is 1.98. The Hall–Kier alpha value is -1.81. The van der Waals surface area contributed by atoms with Crippen LogP contribution in [0.4, 0.5) is 0 Å². The molecule has 0 radical (unpaired) electrons. The lowest BCUT2D eigenvalue weighted by molar-refractivity contribution is 0.340. The van der Waals surface area contributed by atoms with Crippen LogP contribution in [0.5, 0.6) is 5.75 Å². The zero-order valence-electron chi connectivity index (χ0n) is 12.6. The second-order valence-electron chi connectivity index (χ2n) is 5.74. The molecule has 0 aliphatic carbocycles. The number of aromatic nitrogens is 1. The van der Waals surface area contributed by atoms with Crippen LogP contribution < -0.4 is 10.1 Å². The first-order chi connectivity index (χ1) is 9.48. The van der Waals surface area contributed by atoms with E-state index in [4.69, 9.17) is 9.26 Å². The topological polar surface area (TPSA) is 47.3 Å². The maximum absolute atomic E-state index is 5.42. The van der Waals surface area contributed by atoms with E-state index in [1.54, 1.807) is 0 Å². The molecule has 4 nitrogen and oxygen atoms in total. The van der Waals surface area contributed by atoms with Crippen LogP contribution in [0.1, 0.15) is 33.4 Å². The lowest BCUT2D eigenvalue weighted by Gasteiger charge is -2.19. The first-order valence-corrected chi connectivity index (χ1v) is 6.92. The van der Waals surface area contributed by atoms with Crippen molar-refractivity contribution in [2.75, 3.05) is 6.61 Å². The minimum absolute atomic E-state index is 0.0677. The van der Waals surface area contributed by atoms with Gasteiger partial charge in [-0.05, 0) is 52.0 Å². The van der Waals surface area contributed by atoms with Crippen molar-refractivity contribution >= 4 is 0 Å². The third kappa shape index (κ3) is 4.10. The highest BCUT2D eigenvalue weighted by Crippen LogP contribution is 2.23. The Labute approximate surface area is 120 Å². The van der Waals surface area contributed by atoms with Crippen LogP contribution in [-0.4, -0.2) is 17.3 Å². The second-order valence-corrected chi connectivity index (χ2v) is 5.74. The van der Waals surface area contributed by atoms with Gasteiger partial charge in [0.2, 0.25) is 0 Å². The van der Waals surface area contributed by atoms with Crippen LogP contribution in [0.25, 0.3) is 11.3 Å². The quantitative estimate of drug-likeness (QED) is 0.904. The Bertz CT molecular complexity index is 538. The zero-order valence-corrected chi connectivity index (χ0v) is 12.6. The summed E-state index contributed by atoms with van der Waals surface area (Å²) >= 11 is 0. The van der Waals surface area contributed by atoms with E-state index in [0.717, 1.165) is 22.8 Å². The van der Waals surface area contributed by atoms with E-state index in [9.17, 15) is 0 Å². The van der Waals surface area contributed by atoms with Gasteiger partial charge in [0.05, 0.1) is 12.3 Å².